The fourth-order valence-corrected chi connectivity index (χ4v) is 0.735. The Morgan fingerprint density at radius 1 is 1.70 bits per heavy atom. The van der Waals surface area contributed by atoms with E-state index in [4.69, 9.17) is 11.6 Å². The number of H-pyrrole nitrogens is 1. The molecule has 0 spiro atoms. The molecule has 1 aromatic rings. The van der Waals surface area contributed by atoms with E-state index in [9.17, 15) is 0 Å². The summed E-state index contributed by atoms with van der Waals surface area (Å²) < 4.78 is 0. The van der Waals surface area contributed by atoms with Crippen LogP contribution in [0.1, 0.15) is 11.6 Å². The van der Waals surface area contributed by atoms with Gasteiger partial charge in [0.15, 0.2) is 5.82 Å². The van der Waals surface area contributed by atoms with Gasteiger partial charge in [-0.15, -0.1) is 18.2 Å². The minimum atomic E-state index is 0.379. The predicted molar refractivity (Wildman–Crippen MR) is 39.8 cm³/mol. The Hall–Kier alpha value is -0.830. The van der Waals surface area contributed by atoms with Gasteiger partial charge in [-0.1, -0.05) is 6.08 Å². The number of hydrogen-bond acceptors (Lipinski definition) is 2. The normalized spacial score (nSPS) is 9.70. The minimum absolute atomic E-state index is 0.379. The molecule has 1 heterocycles. The standard InChI is InChI=1S/C6H8ClN3/c1-2-3-5-8-6(4-7)10-9-5/h2H,1,3-4H2,(H,8,9,10). The molecular weight excluding hydrogens is 150 g/mol. The van der Waals surface area contributed by atoms with E-state index in [1.54, 1.807) is 6.08 Å². The van der Waals surface area contributed by atoms with Crippen molar-refractivity contribution in [1.82, 2.24) is 15.2 Å². The van der Waals surface area contributed by atoms with Crippen molar-refractivity contribution in [1.29, 1.82) is 0 Å². The molecule has 0 saturated carbocycles. The van der Waals surface area contributed by atoms with Gasteiger partial charge in [-0.25, -0.2) is 4.98 Å². The van der Waals surface area contributed by atoms with Crippen molar-refractivity contribution in [2.45, 2.75) is 12.3 Å². The van der Waals surface area contributed by atoms with Crippen molar-refractivity contribution < 1.29 is 0 Å². The maximum absolute atomic E-state index is 5.48. The number of aromatic amines is 1. The van der Waals surface area contributed by atoms with Crippen LogP contribution in [0, 0.1) is 0 Å². The highest BCUT2D eigenvalue weighted by Crippen LogP contribution is 1.96. The number of allylic oxidation sites excluding steroid dienone is 1. The van der Waals surface area contributed by atoms with E-state index in [0.29, 0.717) is 18.1 Å². The highest BCUT2D eigenvalue weighted by atomic mass is 35.5. The van der Waals surface area contributed by atoms with Crippen LogP contribution in [-0.4, -0.2) is 15.2 Å². The number of aromatic nitrogens is 3. The second kappa shape index (κ2) is 3.37. The Kier molecular flexibility index (Phi) is 2.45. The van der Waals surface area contributed by atoms with Crippen LogP contribution in [0.2, 0.25) is 0 Å². The zero-order chi connectivity index (χ0) is 7.40. The molecule has 0 saturated heterocycles. The molecule has 1 N–H and O–H groups in total. The Balaban J connectivity index is 2.67. The lowest BCUT2D eigenvalue weighted by atomic mass is 10.4. The number of rotatable bonds is 3. The topological polar surface area (TPSA) is 41.6 Å². The van der Waals surface area contributed by atoms with Crippen molar-refractivity contribution in [2.24, 2.45) is 0 Å². The SMILES string of the molecule is C=CCc1n[nH]c(CCl)n1. The van der Waals surface area contributed by atoms with Crippen LogP contribution in [0.15, 0.2) is 12.7 Å². The highest BCUT2D eigenvalue weighted by molar-refractivity contribution is 6.16. The van der Waals surface area contributed by atoms with Crippen LogP contribution < -0.4 is 0 Å². The van der Waals surface area contributed by atoms with Gasteiger partial charge in [-0.2, -0.15) is 5.10 Å². The lowest BCUT2D eigenvalue weighted by Crippen LogP contribution is -1.83. The lowest BCUT2D eigenvalue weighted by Gasteiger charge is -1.80. The smallest absolute Gasteiger partial charge is 0.154 e. The van der Waals surface area contributed by atoms with Gasteiger partial charge in [0.05, 0.1) is 5.88 Å². The van der Waals surface area contributed by atoms with Crippen LogP contribution in [0.4, 0.5) is 0 Å². The Morgan fingerprint density at radius 2 is 2.50 bits per heavy atom. The number of hydrogen-bond donors (Lipinski definition) is 1. The van der Waals surface area contributed by atoms with Crippen molar-refractivity contribution in [2.75, 3.05) is 0 Å². The number of alkyl halides is 1. The molecule has 1 aromatic heterocycles. The summed E-state index contributed by atoms with van der Waals surface area (Å²) in [5, 5.41) is 6.58. The van der Waals surface area contributed by atoms with Crippen LogP contribution in [0.3, 0.4) is 0 Å². The molecule has 0 radical (unpaired) electrons. The highest BCUT2D eigenvalue weighted by Gasteiger charge is 1.97. The molecule has 0 aliphatic rings. The van der Waals surface area contributed by atoms with Crippen LogP contribution in [0.25, 0.3) is 0 Å². The molecule has 10 heavy (non-hydrogen) atoms. The van der Waals surface area contributed by atoms with Gasteiger partial charge in [0.2, 0.25) is 0 Å². The molecule has 0 atom stereocenters. The molecule has 0 unspecified atom stereocenters. The zero-order valence-corrected chi connectivity index (χ0v) is 6.23. The number of nitrogens with one attached hydrogen (secondary N) is 1. The molecule has 0 aliphatic heterocycles. The number of nitrogens with zero attached hydrogens (tertiary/aromatic N) is 2. The maximum Gasteiger partial charge on any atom is 0.154 e. The Morgan fingerprint density at radius 3 is 3.00 bits per heavy atom. The first-order valence-corrected chi connectivity index (χ1v) is 3.47. The first kappa shape index (κ1) is 7.28. The van der Waals surface area contributed by atoms with Crippen LogP contribution in [0.5, 0.6) is 0 Å². The molecule has 3 nitrogen and oxygen atoms in total. The van der Waals surface area contributed by atoms with Gasteiger partial charge in [0.1, 0.15) is 5.82 Å². The average molecular weight is 158 g/mol. The largest absolute Gasteiger partial charge is 0.262 e. The summed E-state index contributed by atoms with van der Waals surface area (Å²) in [6.45, 7) is 3.56. The molecule has 0 amide bonds. The fraction of sp³-hybridized carbons (Fsp3) is 0.333. The molecule has 0 aliphatic carbocycles. The van der Waals surface area contributed by atoms with E-state index in [1.165, 1.54) is 0 Å². The third-order valence-corrected chi connectivity index (χ3v) is 1.28. The van der Waals surface area contributed by atoms with Gasteiger partial charge in [0, 0.05) is 6.42 Å². The fourth-order valence-electron chi connectivity index (χ4n) is 0.615. The van der Waals surface area contributed by atoms with E-state index in [-0.39, 0.29) is 0 Å². The van der Waals surface area contributed by atoms with E-state index >= 15 is 0 Å². The van der Waals surface area contributed by atoms with Crippen molar-refractivity contribution in [3.8, 4) is 0 Å². The van der Waals surface area contributed by atoms with Crippen LogP contribution >= 0.6 is 11.6 Å². The molecule has 0 fully saturated rings. The second-order valence-corrected chi connectivity index (χ2v) is 2.09. The molecule has 4 heteroatoms. The molecule has 1 rings (SSSR count). The van der Waals surface area contributed by atoms with E-state index in [0.717, 1.165) is 5.82 Å². The average Bonchev–Trinajstić information content (AvgIpc) is 2.37. The third-order valence-electron chi connectivity index (χ3n) is 1.03. The predicted octanol–water partition coefficient (Wildman–Crippen LogP) is 1.27. The maximum atomic E-state index is 5.48. The van der Waals surface area contributed by atoms with E-state index in [1.807, 2.05) is 0 Å². The summed E-state index contributed by atoms with van der Waals surface area (Å²) in [7, 11) is 0. The van der Waals surface area contributed by atoms with E-state index < -0.39 is 0 Å². The molecular formula is C6H8ClN3. The quantitative estimate of drug-likeness (QED) is 0.531. The van der Waals surface area contributed by atoms with Crippen LogP contribution in [-0.2, 0) is 12.3 Å². The Labute approximate surface area is 64.1 Å². The summed E-state index contributed by atoms with van der Waals surface area (Å²) in [4.78, 5) is 4.05. The van der Waals surface area contributed by atoms with Gasteiger partial charge in [-0.3, -0.25) is 5.10 Å². The Bertz CT molecular complexity index is 219. The summed E-state index contributed by atoms with van der Waals surface area (Å²) >= 11 is 5.48. The summed E-state index contributed by atoms with van der Waals surface area (Å²) in [5.41, 5.74) is 0. The van der Waals surface area contributed by atoms with Crippen molar-refractivity contribution in [3.05, 3.63) is 24.3 Å². The molecule has 0 bridgehead atoms. The summed E-state index contributed by atoms with van der Waals surface area (Å²) in [6.07, 6.45) is 2.44. The number of halogens is 1. The first-order valence-electron chi connectivity index (χ1n) is 2.94. The third kappa shape index (κ3) is 1.57. The second-order valence-electron chi connectivity index (χ2n) is 1.82. The summed E-state index contributed by atoms with van der Waals surface area (Å²) in [5.74, 6) is 1.83. The van der Waals surface area contributed by atoms with Crippen molar-refractivity contribution in [3.63, 3.8) is 0 Å². The van der Waals surface area contributed by atoms with Gasteiger partial charge < -0.3 is 0 Å². The minimum Gasteiger partial charge on any atom is -0.262 e. The molecule has 54 valence electrons. The zero-order valence-electron chi connectivity index (χ0n) is 5.47. The van der Waals surface area contributed by atoms with Gasteiger partial charge >= 0.3 is 0 Å². The van der Waals surface area contributed by atoms with E-state index in [2.05, 4.69) is 21.8 Å². The van der Waals surface area contributed by atoms with Crippen molar-refractivity contribution >= 4 is 11.6 Å². The van der Waals surface area contributed by atoms with Gasteiger partial charge in [-0.05, 0) is 0 Å². The molecule has 0 aromatic carbocycles. The first-order chi connectivity index (χ1) is 4.86. The van der Waals surface area contributed by atoms with Gasteiger partial charge in [0.25, 0.3) is 0 Å². The summed E-state index contributed by atoms with van der Waals surface area (Å²) in [6, 6.07) is 0. The lowest BCUT2D eigenvalue weighted by molar-refractivity contribution is 0.983. The monoisotopic (exact) mass is 157 g/mol.